The molecule has 1 atom stereocenters. The van der Waals surface area contributed by atoms with Crippen molar-refractivity contribution in [1.82, 2.24) is 15.2 Å². The highest BCUT2D eigenvalue weighted by molar-refractivity contribution is 5.74. The van der Waals surface area contributed by atoms with Crippen molar-refractivity contribution in [2.75, 3.05) is 20.3 Å². The molecule has 7 heteroatoms. The van der Waals surface area contributed by atoms with Gasteiger partial charge in [0.05, 0.1) is 12.6 Å². The average molecular weight is 349 g/mol. The largest absolute Gasteiger partial charge is 0.383 e. The summed E-state index contributed by atoms with van der Waals surface area (Å²) in [6.45, 7) is 2.73. The standard InChI is InChI=1S/C18H21F2N3O2/c1-13(16-6-5-15(19)10-17(16)20)22-18(24)23(8-9-25-2)12-14-4-3-7-21-11-14/h3-7,10-11,13H,8-9,12H2,1-2H3,(H,22,24)/t13-/m1/s1. The Labute approximate surface area is 145 Å². The van der Waals surface area contributed by atoms with Crippen molar-refractivity contribution in [3.63, 3.8) is 0 Å². The number of nitrogens with one attached hydrogen (secondary N) is 1. The highest BCUT2D eigenvalue weighted by atomic mass is 19.1. The molecule has 25 heavy (non-hydrogen) atoms. The highest BCUT2D eigenvalue weighted by Gasteiger charge is 2.19. The van der Waals surface area contributed by atoms with Gasteiger partial charge in [0.25, 0.3) is 0 Å². The second kappa shape index (κ2) is 9.08. The second-order valence-electron chi connectivity index (χ2n) is 5.61. The number of hydrogen-bond donors (Lipinski definition) is 1. The molecule has 2 rings (SSSR count). The fraction of sp³-hybridized carbons (Fsp3) is 0.333. The second-order valence-corrected chi connectivity index (χ2v) is 5.61. The van der Waals surface area contributed by atoms with Gasteiger partial charge in [-0.25, -0.2) is 13.6 Å². The van der Waals surface area contributed by atoms with E-state index in [4.69, 9.17) is 4.74 Å². The summed E-state index contributed by atoms with van der Waals surface area (Å²) in [6, 6.07) is 5.98. The van der Waals surface area contributed by atoms with Crippen LogP contribution in [0, 0.1) is 11.6 Å². The molecule has 0 saturated heterocycles. The summed E-state index contributed by atoms with van der Waals surface area (Å²) in [7, 11) is 1.55. The minimum Gasteiger partial charge on any atom is -0.383 e. The number of carbonyl (C=O) groups excluding carboxylic acids is 1. The summed E-state index contributed by atoms with van der Waals surface area (Å²) >= 11 is 0. The van der Waals surface area contributed by atoms with E-state index in [9.17, 15) is 13.6 Å². The van der Waals surface area contributed by atoms with Crippen LogP contribution in [0.15, 0.2) is 42.7 Å². The van der Waals surface area contributed by atoms with Crippen LogP contribution >= 0.6 is 0 Å². The van der Waals surface area contributed by atoms with Gasteiger partial charge >= 0.3 is 6.03 Å². The van der Waals surface area contributed by atoms with Crippen molar-refractivity contribution in [2.45, 2.75) is 19.5 Å². The van der Waals surface area contributed by atoms with Crippen LogP contribution in [0.3, 0.4) is 0 Å². The normalized spacial score (nSPS) is 11.8. The van der Waals surface area contributed by atoms with Gasteiger partial charge in [-0.05, 0) is 24.6 Å². The maximum atomic E-state index is 13.9. The molecule has 0 saturated carbocycles. The van der Waals surface area contributed by atoms with E-state index < -0.39 is 17.7 Å². The van der Waals surface area contributed by atoms with Crippen LogP contribution in [0.25, 0.3) is 0 Å². The fourth-order valence-corrected chi connectivity index (χ4v) is 2.37. The molecule has 2 amide bonds. The Balaban J connectivity index is 2.07. The summed E-state index contributed by atoms with van der Waals surface area (Å²) in [6.07, 6.45) is 3.33. The maximum Gasteiger partial charge on any atom is 0.318 e. The molecular weight excluding hydrogens is 328 g/mol. The maximum absolute atomic E-state index is 13.9. The molecule has 1 N–H and O–H groups in total. The summed E-state index contributed by atoms with van der Waals surface area (Å²) in [5.41, 5.74) is 1.09. The van der Waals surface area contributed by atoms with E-state index >= 15 is 0 Å². The predicted molar refractivity (Wildman–Crippen MR) is 89.8 cm³/mol. The first-order chi connectivity index (χ1) is 12.0. The molecule has 5 nitrogen and oxygen atoms in total. The summed E-state index contributed by atoms with van der Waals surface area (Å²) in [5.74, 6) is -1.35. The Morgan fingerprint density at radius 3 is 2.80 bits per heavy atom. The van der Waals surface area contributed by atoms with Crippen molar-refractivity contribution < 1.29 is 18.3 Å². The third kappa shape index (κ3) is 5.49. The molecule has 0 spiro atoms. The van der Waals surface area contributed by atoms with Crippen LogP contribution in [0.5, 0.6) is 0 Å². The molecule has 1 heterocycles. The van der Waals surface area contributed by atoms with E-state index in [1.54, 1.807) is 37.4 Å². The number of carbonyl (C=O) groups is 1. The van der Waals surface area contributed by atoms with E-state index in [2.05, 4.69) is 10.3 Å². The Kier molecular flexibility index (Phi) is 6.82. The number of nitrogens with zero attached hydrogens (tertiary/aromatic N) is 2. The zero-order valence-electron chi connectivity index (χ0n) is 14.2. The van der Waals surface area contributed by atoms with Crippen molar-refractivity contribution in [2.24, 2.45) is 0 Å². The number of urea groups is 1. The number of hydrogen-bond acceptors (Lipinski definition) is 3. The van der Waals surface area contributed by atoms with Crippen molar-refractivity contribution in [1.29, 1.82) is 0 Å². The lowest BCUT2D eigenvalue weighted by Crippen LogP contribution is -2.42. The average Bonchev–Trinajstić information content (AvgIpc) is 2.59. The zero-order chi connectivity index (χ0) is 18.2. The van der Waals surface area contributed by atoms with Gasteiger partial charge < -0.3 is 15.0 Å². The Bertz CT molecular complexity index is 698. The summed E-state index contributed by atoms with van der Waals surface area (Å²) < 4.78 is 31.9. The minimum atomic E-state index is -0.691. The first kappa shape index (κ1) is 18.8. The lowest BCUT2D eigenvalue weighted by Gasteiger charge is -2.25. The molecule has 2 aromatic rings. The molecule has 0 fully saturated rings. The van der Waals surface area contributed by atoms with Crippen molar-refractivity contribution in [3.05, 3.63) is 65.5 Å². The SMILES string of the molecule is COCCN(Cc1cccnc1)C(=O)N[C@H](C)c1ccc(F)cc1F. The predicted octanol–water partition coefficient (Wildman–Crippen LogP) is 3.28. The van der Waals surface area contributed by atoms with E-state index in [-0.39, 0.29) is 11.6 Å². The van der Waals surface area contributed by atoms with Crippen molar-refractivity contribution in [3.8, 4) is 0 Å². The number of halogens is 2. The van der Waals surface area contributed by atoms with Gasteiger partial charge in [-0.3, -0.25) is 4.98 Å². The molecule has 1 aromatic heterocycles. The van der Waals surface area contributed by atoms with Gasteiger partial charge in [0.2, 0.25) is 0 Å². The third-order valence-electron chi connectivity index (χ3n) is 3.72. The van der Waals surface area contributed by atoms with Crippen LogP contribution in [0.4, 0.5) is 13.6 Å². The number of pyridine rings is 1. The van der Waals surface area contributed by atoms with Crippen LogP contribution in [0.1, 0.15) is 24.1 Å². The molecule has 1 aromatic carbocycles. The molecule has 0 aliphatic heterocycles. The fourth-order valence-electron chi connectivity index (χ4n) is 2.37. The van der Waals surface area contributed by atoms with Crippen LogP contribution in [-0.2, 0) is 11.3 Å². The number of ether oxygens (including phenoxy) is 1. The zero-order valence-corrected chi connectivity index (χ0v) is 14.2. The number of methoxy groups -OCH3 is 1. The lowest BCUT2D eigenvalue weighted by atomic mass is 10.1. The van der Waals surface area contributed by atoms with Gasteiger partial charge in [-0.15, -0.1) is 0 Å². The van der Waals surface area contributed by atoms with E-state index in [0.29, 0.717) is 19.7 Å². The molecule has 0 aliphatic rings. The van der Waals surface area contributed by atoms with Gasteiger partial charge in [0, 0.05) is 44.2 Å². The summed E-state index contributed by atoms with van der Waals surface area (Å²) in [4.78, 5) is 18.1. The highest BCUT2D eigenvalue weighted by Crippen LogP contribution is 2.18. The van der Waals surface area contributed by atoms with Gasteiger partial charge in [-0.1, -0.05) is 12.1 Å². The topological polar surface area (TPSA) is 54.5 Å². The summed E-state index contributed by atoms with van der Waals surface area (Å²) in [5, 5.41) is 2.73. The number of aromatic nitrogens is 1. The Hall–Kier alpha value is -2.54. The molecule has 0 unspecified atom stereocenters. The van der Waals surface area contributed by atoms with Gasteiger partial charge in [0.1, 0.15) is 11.6 Å². The van der Waals surface area contributed by atoms with Crippen LogP contribution in [-0.4, -0.2) is 36.2 Å². The number of benzene rings is 1. The monoisotopic (exact) mass is 349 g/mol. The van der Waals surface area contributed by atoms with Crippen molar-refractivity contribution >= 4 is 6.03 Å². The molecule has 134 valence electrons. The minimum absolute atomic E-state index is 0.225. The molecule has 0 aliphatic carbocycles. The van der Waals surface area contributed by atoms with Crippen LogP contribution < -0.4 is 5.32 Å². The number of amides is 2. The van der Waals surface area contributed by atoms with E-state index in [0.717, 1.165) is 11.6 Å². The quantitative estimate of drug-likeness (QED) is 0.835. The van der Waals surface area contributed by atoms with Gasteiger partial charge in [-0.2, -0.15) is 0 Å². The van der Waals surface area contributed by atoms with Gasteiger partial charge in [0.15, 0.2) is 0 Å². The molecular formula is C18H21F2N3O2. The van der Waals surface area contributed by atoms with Crippen LogP contribution in [0.2, 0.25) is 0 Å². The van der Waals surface area contributed by atoms with E-state index in [1.807, 2.05) is 6.07 Å². The first-order valence-electron chi connectivity index (χ1n) is 7.89. The third-order valence-corrected chi connectivity index (χ3v) is 3.72. The molecule has 0 bridgehead atoms. The Morgan fingerprint density at radius 2 is 2.16 bits per heavy atom. The van der Waals surface area contributed by atoms with E-state index in [1.165, 1.54) is 12.1 Å². The smallest absolute Gasteiger partial charge is 0.318 e. The first-order valence-corrected chi connectivity index (χ1v) is 7.89. The molecule has 0 radical (unpaired) electrons. The Morgan fingerprint density at radius 1 is 1.36 bits per heavy atom. The number of rotatable bonds is 7. The lowest BCUT2D eigenvalue weighted by molar-refractivity contribution is 0.145.